The van der Waals surface area contributed by atoms with Crippen LogP contribution >= 0.6 is 11.6 Å². The van der Waals surface area contributed by atoms with Gasteiger partial charge in [0, 0.05) is 13.7 Å². The van der Waals surface area contributed by atoms with Crippen molar-refractivity contribution in [3.05, 3.63) is 23.1 Å². The largest absolute Gasteiger partial charge is 0.384 e. The molecule has 0 rings (SSSR count). The Kier molecular flexibility index (Phi) is 8.26. The Morgan fingerprint density at radius 3 is 2.85 bits per heavy atom. The molecule has 0 aliphatic rings. The number of hydrogen-bond donors (Lipinski definition) is 0. The third-order valence-corrected chi connectivity index (χ3v) is 2.15. The van der Waals surface area contributed by atoms with Crippen LogP contribution in [0.3, 0.4) is 0 Å². The molecule has 0 radical (unpaired) electrons. The molecule has 0 aliphatic carbocycles. The fraction of sp³-hybridized carbons (Fsp3) is 0.600. The standard InChI is InChI=1S/C10H18BClO/c1-4-10(12)11-7-5-6-9(2)8-13-3/h4-5,7,9,11H,6,8H2,1-3H3/b7-5-,10-4+. The second-order valence-electron chi connectivity index (χ2n) is 3.21. The van der Waals surface area contributed by atoms with Gasteiger partial charge in [-0.15, -0.1) is 17.6 Å². The van der Waals surface area contributed by atoms with Crippen LogP contribution in [0.2, 0.25) is 0 Å². The highest BCUT2D eigenvalue weighted by Gasteiger charge is 1.97. The van der Waals surface area contributed by atoms with Gasteiger partial charge in [0.05, 0.1) is 0 Å². The summed E-state index contributed by atoms with van der Waals surface area (Å²) in [4.78, 5) is 0.899. The predicted molar refractivity (Wildman–Crippen MR) is 61.6 cm³/mol. The summed E-state index contributed by atoms with van der Waals surface area (Å²) in [5, 5.41) is 0. The zero-order valence-electron chi connectivity index (χ0n) is 8.72. The Labute approximate surface area is 87.0 Å². The lowest BCUT2D eigenvalue weighted by Crippen LogP contribution is -2.01. The van der Waals surface area contributed by atoms with Crippen LogP contribution in [-0.2, 0) is 4.74 Å². The first-order valence-corrected chi connectivity index (χ1v) is 5.03. The van der Waals surface area contributed by atoms with Crippen molar-refractivity contribution in [3.8, 4) is 0 Å². The molecule has 0 aromatic heterocycles. The highest BCUT2D eigenvalue weighted by atomic mass is 35.5. The summed E-state index contributed by atoms with van der Waals surface area (Å²) in [5.41, 5.74) is 0. The minimum atomic E-state index is 0.589. The maximum atomic E-state index is 5.83. The Bertz CT molecular complexity index is 178. The van der Waals surface area contributed by atoms with Gasteiger partial charge >= 0.3 is 0 Å². The molecule has 1 nitrogen and oxygen atoms in total. The molecular weight excluding hydrogens is 182 g/mol. The Morgan fingerprint density at radius 2 is 2.31 bits per heavy atom. The SMILES string of the molecule is C/C=C(/Cl)B/C=C\CC(C)COC. The number of methoxy groups -OCH3 is 1. The lowest BCUT2D eigenvalue weighted by molar-refractivity contribution is 0.161. The zero-order chi connectivity index (χ0) is 10.1. The Morgan fingerprint density at radius 1 is 1.62 bits per heavy atom. The molecule has 0 aliphatic heterocycles. The van der Waals surface area contributed by atoms with Crippen molar-refractivity contribution in [1.29, 1.82) is 0 Å². The van der Waals surface area contributed by atoms with Gasteiger partial charge in [0.25, 0.3) is 0 Å². The quantitative estimate of drug-likeness (QED) is 0.599. The molecule has 0 fully saturated rings. The molecule has 0 aromatic carbocycles. The van der Waals surface area contributed by atoms with E-state index in [9.17, 15) is 0 Å². The average Bonchev–Trinajstić information content (AvgIpc) is 2.12. The number of hydrogen-bond acceptors (Lipinski definition) is 1. The first kappa shape index (κ1) is 12.8. The fourth-order valence-electron chi connectivity index (χ4n) is 0.995. The molecule has 74 valence electrons. The molecule has 0 bridgehead atoms. The van der Waals surface area contributed by atoms with E-state index in [1.165, 1.54) is 0 Å². The summed E-state index contributed by atoms with van der Waals surface area (Å²) in [6.45, 7) is 4.94. The number of allylic oxidation sites excluding steroid dienone is 2. The van der Waals surface area contributed by atoms with Crippen molar-refractivity contribution in [1.82, 2.24) is 0 Å². The van der Waals surface area contributed by atoms with E-state index in [1.54, 1.807) is 7.11 Å². The second kappa shape index (κ2) is 8.40. The molecular formula is C10H18BClO. The molecule has 3 heteroatoms. The van der Waals surface area contributed by atoms with Crippen molar-refractivity contribution in [2.45, 2.75) is 20.3 Å². The molecule has 0 saturated carbocycles. The van der Waals surface area contributed by atoms with Crippen LogP contribution in [0.15, 0.2) is 23.1 Å². The summed E-state index contributed by atoms with van der Waals surface area (Å²) < 4.78 is 5.03. The van der Waals surface area contributed by atoms with Crippen LogP contribution in [0.1, 0.15) is 20.3 Å². The number of ether oxygens (including phenoxy) is 1. The zero-order valence-corrected chi connectivity index (χ0v) is 9.47. The van der Waals surface area contributed by atoms with E-state index in [4.69, 9.17) is 16.3 Å². The van der Waals surface area contributed by atoms with Crippen LogP contribution in [-0.4, -0.2) is 21.0 Å². The minimum Gasteiger partial charge on any atom is -0.384 e. The normalized spacial score (nSPS) is 14.9. The summed E-state index contributed by atoms with van der Waals surface area (Å²) in [7, 11) is 2.58. The van der Waals surface area contributed by atoms with Gasteiger partial charge in [-0.25, -0.2) is 0 Å². The van der Waals surface area contributed by atoms with Gasteiger partial charge in [0.15, 0.2) is 7.28 Å². The van der Waals surface area contributed by atoms with Gasteiger partial charge in [-0.3, -0.25) is 0 Å². The van der Waals surface area contributed by atoms with Crippen molar-refractivity contribution < 1.29 is 4.74 Å². The van der Waals surface area contributed by atoms with Gasteiger partial charge in [0.1, 0.15) is 0 Å². The molecule has 0 amide bonds. The second-order valence-corrected chi connectivity index (χ2v) is 3.69. The molecule has 0 heterocycles. The first-order chi connectivity index (χ1) is 6.20. The minimum absolute atomic E-state index is 0.589. The van der Waals surface area contributed by atoms with Gasteiger partial charge in [-0.05, 0) is 24.2 Å². The van der Waals surface area contributed by atoms with Crippen LogP contribution in [0, 0.1) is 5.92 Å². The Hall–Kier alpha value is -0.205. The molecule has 0 saturated heterocycles. The molecule has 0 aromatic rings. The fourth-order valence-corrected chi connectivity index (χ4v) is 1.08. The first-order valence-electron chi connectivity index (χ1n) is 4.65. The van der Waals surface area contributed by atoms with E-state index in [2.05, 4.69) is 19.0 Å². The smallest absolute Gasteiger partial charge is 0.197 e. The third kappa shape index (κ3) is 8.13. The van der Waals surface area contributed by atoms with Gasteiger partial charge in [-0.2, -0.15) is 0 Å². The van der Waals surface area contributed by atoms with E-state index in [1.807, 2.05) is 13.0 Å². The highest BCUT2D eigenvalue weighted by Crippen LogP contribution is 2.03. The highest BCUT2D eigenvalue weighted by molar-refractivity contribution is 6.67. The summed E-state index contributed by atoms with van der Waals surface area (Å²) in [6, 6.07) is 0. The van der Waals surface area contributed by atoms with E-state index >= 15 is 0 Å². The molecule has 1 unspecified atom stereocenters. The Balaban J connectivity index is 3.51. The maximum absolute atomic E-state index is 5.83. The van der Waals surface area contributed by atoms with Gasteiger partial charge in [0.2, 0.25) is 0 Å². The number of halogens is 1. The summed E-state index contributed by atoms with van der Waals surface area (Å²) >= 11 is 5.83. The van der Waals surface area contributed by atoms with E-state index < -0.39 is 0 Å². The van der Waals surface area contributed by atoms with E-state index in [0.717, 1.165) is 25.2 Å². The van der Waals surface area contributed by atoms with E-state index in [-0.39, 0.29) is 0 Å². The van der Waals surface area contributed by atoms with Crippen LogP contribution in [0.5, 0.6) is 0 Å². The van der Waals surface area contributed by atoms with Crippen LogP contribution < -0.4 is 0 Å². The topological polar surface area (TPSA) is 9.23 Å². The lowest BCUT2D eigenvalue weighted by Gasteiger charge is -2.05. The average molecular weight is 201 g/mol. The van der Waals surface area contributed by atoms with Crippen molar-refractivity contribution >= 4 is 18.9 Å². The molecule has 0 spiro atoms. The maximum Gasteiger partial charge on any atom is 0.197 e. The van der Waals surface area contributed by atoms with E-state index in [0.29, 0.717) is 5.92 Å². The lowest BCUT2D eigenvalue weighted by atomic mass is 9.77. The molecule has 13 heavy (non-hydrogen) atoms. The van der Waals surface area contributed by atoms with Gasteiger partial charge < -0.3 is 4.74 Å². The third-order valence-electron chi connectivity index (χ3n) is 1.78. The van der Waals surface area contributed by atoms with Crippen LogP contribution in [0.4, 0.5) is 0 Å². The van der Waals surface area contributed by atoms with Gasteiger partial charge in [-0.1, -0.05) is 19.1 Å². The monoisotopic (exact) mass is 200 g/mol. The summed E-state index contributed by atoms with van der Waals surface area (Å²) in [6.07, 6.45) is 5.14. The number of rotatable bonds is 6. The predicted octanol–water partition coefficient (Wildman–Crippen LogP) is 2.71. The van der Waals surface area contributed by atoms with Crippen molar-refractivity contribution in [2.24, 2.45) is 5.92 Å². The summed E-state index contributed by atoms with van der Waals surface area (Å²) in [5.74, 6) is 2.69. The van der Waals surface area contributed by atoms with Crippen molar-refractivity contribution in [3.63, 3.8) is 0 Å². The van der Waals surface area contributed by atoms with Crippen molar-refractivity contribution in [2.75, 3.05) is 13.7 Å². The van der Waals surface area contributed by atoms with Crippen LogP contribution in [0.25, 0.3) is 0 Å². The molecule has 1 atom stereocenters. The molecule has 0 N–H and O–H groups in total.